The van der Waals surface area contributed by atoms with E-state index in [4.69, 9.17) is 0 Å². The summed E-state index contributed by atoms with van der Waals surface area (Å²) in [6, 6.07) is 11.4. The number of aryl methyl sites for hydroxylation is 2. The minimum absolute atomic E-state index is 0.0834. The van der Waals surface area contributed by atoms with Crippen molar-refractivity contribution in [3.05, 3.63) is 58.7 Å². The number of phenols is 2. The van der Waals surface area contributed by atoms with Crippen molar-refractivity contribution in [1.82, 2.24) is 0 Å². The predicted octanol–water partition coefficient (Wildman–Crippen LogP) is 6.00. The molecule has 3 N–H and O–H groups in total. The highest BCUT2D eigenvalue weighted by Crippen LogP contribution is 2.29. The highest BCUT2D eigenvalue weighted by atomic mass is 16.4. The number of rotatable bonds is 10. The lowest BCUT2D eigenvalue weighted by Crippen LogP contribution is -2.10. The van der Waals surface area contributed by atoms with E-state index in [-0.39, 0.29) is 24.2 Å². The van der Waals surface area contributed by atoms with Crippen LogP contribution in [-0.2, 0) is 17.6 Å². The van der Waals surface area contributed by atoms with E-state index in [2.05, 4.69) is 27.7 Å². The van der Waals surface area contributed by atoms with Gasteiger partial charge in [-0.15, -0.1) is 0 Å². The third kappa shape index (κ3) is 6.81. The maximum Gasteiger partial charge on any atom is 0.303 e. The van der Waals surface area contributed by atoms with E-state index in [1.54, 1.807) is 12.1 Å². The fourth-order valence-corrected chi connectivity index (χ4v) is 3.78. The molecule has 0 saturated heterocycles. The number of carboxylic acid groups (broad SMARTS) is 1. The molecule has 0 unspecified atom stereocenters. The van der Waals surface area contributed by atoms with E-state index in [9.17, 15) is 20.1 Å². The Balaban J connectivity index is 2.04. The van der Waals surface area contributed by atoms with Gasteiger partial charge in [-0.3, -0.25) is 4.79 Å². The second-order valence-corrected chi connectivity index (χ2v) is 8.64. The lowest BCUT2D eigenvalue weighted by atomic mass is 9.89. The van der Waals surface area contributed by atoms with Gasteiger partial charge in [0, 0.05) is 6.42 Å². The summed E-state index contributed by atoms with van der Waals surface area (Å²) in [6.45, 7) is 8.20. The van der Waals surface area contributed by atoms with E-state index in [1.165, 1.54) is 0 Å². The summed E-state index contributed by atoms with van der Waals surface area (Å²) in [4.78, 5) is 11.3. The molecular weight excluding hydrogens is 364 g/mol. The van der Waals surface area contributed by atoms with Crippen LogP contribution in [0.5, 0.6) is 11.5 Å². The number of benzene rings is 2. The Hall–Kier alpha value is -2.49. The van der Waals surface area contributed by atoms with E-state index in [1.807, 2.05) is 24.3 Å². The van der Waals surface area contributed by atoms with Crippen LogP contribution >= 0.6 is 0 Å². The molecule has 0 aliphatic carbocycles. The van der Waals surface area contributed by atoms with Crippen LogP contribution in [0.1, 0.15) is 81.0 Å². The number of aromatic hydroxyl groups is 2. The topological polar surface area (TPSA) is 77.8 Å². The summed E-state index contributed by atoms with van der Waals surface area (Å²) < 4.78 is 0. The minimum Gasteiger partial charge on any atom is -0.508 e. The molecule has 0 atom stereocenters. The first-order chi connectivity index (χ1) is 13.7. The Morgan fingerprint density at radius 3 is 1.55 bits per heavy atom. The van der Waals surface area contributed by atoms with Crippen LogP contribution in [0.2, 0.25) is 0 Å². The molecule has 0 spiro atoms. The molecule has 2 aromatic rings. The van der Waals surface area contributed by atoms with Gasteiger partial charge < -0.3 is 15.3 Å². The highest BCUT2D eigenvalue weighted by Gasteiger charge is 2.16. The average Bonchev–Trinajstić information content (AvgIpc) is 2.65. The van der Waals surface area contributed by atoms with Crippen molar-refractivity contribution in [2.24, 2.45) is 5.92 Å². The fourth-order valence-electron chi connectivity index (χ4n) is 3.78. The first-order valence-corrected chi connectivity index (χ1v) is 10.5. The van der Waals surface area contributed by atoms with Gasteiger partial charge in [0.1, 0.15) is 11.5 Å². The lowest BCUT2D eigenvalue weighted by molar-refractivity contribution is -0.138. The number of hydrogen-bond donors (Lipinski definition) is 3. The number of carbonyl (C=O) groups is 1. The maximum absolute atomic E-state index is 11.3. The SMILES string of the molecule is CC(C)c1cc(CCC(CCc2ccc(O)c(C(C)C)c2)CC(=O)O)ccc1O. The predicted molar refractivity (Wildman–Crippen MR) is 117 cm³/mol. The molecule has 0 aromatic heterocycles. The Morgan fingerprint density at radius 2 is 1.21 bits per heavy atom. The molecular formula is C25H34O4. The van der Waals surface area contributed by atoms with Crippen molar-refractivity contribution in [2.75, 3.05) is 0 Å². The largest absolute Gasteiger partial charge is 0.508 e. The minimum atomic E-state index is -0.767. The summed E-state index contributed by atoms with van der Waals surface area (Å²) in [5, 5.41) is 29.3. The molecule has 0 aliphatic heterocycles. The molecule has 0 bridgehead atoms. The molecule has 2 aromatic carbocycles. The van der Waals surface area contributed by atoms with E-state index < -0.39 is 5.97 Å². The van der Waals surface area contributed by atoms with Crippen LogP contribution < -0.4 is 0 Å². The van der Waals surface area contributed by atoms with Crippen molar-refractivity contribution in [3.63, 3.8) is 0 Å². The molecule has 0 heterocycles. The van der Waals surface area contributed by atoms with Crippen LogP contribution in [0.4, 0.5) is 0 Å². The van der Waals surface area contributed by atoms with Gasteiger partial charge in [0.05, 0.1) is 0 Å². The van der Waals surface area contributed by atoms with Crippen molar-refractivity contribution < 1.29 is 20.1 Å². The molecule has 0 saturated carbocycles. The fraction of sp³-hybridized carbons (Fsp3) is 0.480. The van der Waals surface area contributed by atoms with Crippen LogP contribution in [0.3, 0.4) is 0 Å². The maximum atomic E-state index is 11.3. The molecule has 0 amide bonds. The van der Waals surface area contributed by atoms with Crippen LogP contribution in [0, 0.1) is 5.92 Å². The number of hydrogen-bond acceptors (Lipinski definition) is 3. The summed E-state index contributed by atoms with van der Waals surface area (Å²) in [5.74, 6) is 0.444. The zero-order valence-corrected chi connectivity index (χ0v) is 18.0. The van der Waals surface area contributed by atoms with Crippen LogP contribution in [0.15, 0.2) is 36.4 Å². The van der Waals surface area contributed by atoms with Crippen molar-refractivity contribution >= 4 is 5.97 Å². The van der Waals surface area contributed by atoms with E-state index in [0.717, 1.165) is 47.9 Å². The molecule has 29 heavy (non-hydrogen) atoms. The van der Waals surface area contributed by atoms with Gasteiger partial charge in [-0.05, 0) is 77.8 Å². The summed E-state index contributed by atoms with van der Waals surface area (Å²) in [7, 11) is 0. The second-order valence-electron chi connectivity index (χ2n) is 8.64. The summed E-state index contributed by atoms with van der Waals surface area (Å²) in [6.07, 6.45) is 3.34. The Bertz CT molecular complexity index is 762. The van der Waals surface area contributed by atoms with Crippen molar-refractivity contribution in [1.29, 1.82) is 0 Å². The van der Waals surface area contributed by atoms with Gasteiger partial charge in [-0.25, -0.2) is 0 Å². The Labute approximate surface area is 174 Å². The van der Waals surface area contributed by atoms with Crippen molar-refractivity contribution in [2.45, 2.75) is 71.6 Å². The summed E-state index contributed by atoms with van der Waals surface area (Å²) >= 11 is 0. The zero-order chi connectivity index (χ0) is 21.6. The molecule has 0 aliphatic rings. The van der Waals surface area contributed by atoms with Gasteiger partial charge in [0.25, 0.3) is 0 Å². The van der Waals surface area contributed by atoms with Crippen LogP contribution in [0.25, 0.3) is 0 Å². The average molecular weight is 399 g/mol. The quantitative estimate of drug-likeness (QED) is 0.458. The third-order valence-electron chi connectivity index (χ3n) is 5.57. The van der Waals surface area contributed by atoms with E-state index >= 15 is 0 Å². The third-order valence-corrected chi connectivity index (χ3v) is 5.57. The van der Waals surface area contributed by atoms with Gasteiger partial charge in [0.2, 0.25) is 0 Å². The Morgan fingerprint density at radius 1 is 0.793 bits per heavy atom. The van der Waals surface area contributed by atoms with Gasteiger partial charge in [-0.2, -0.15) is 0 Å². The lowest BCUT2D eigenvalue weighted by Gasteiger charge is -2.17. The highest BCUT2D eigenvalue weighted by molar-refractivity contribution is 5.67. The van der Waals surface area contributed by atoms with Gasteiger partial charge in [0.15, 0.2) is 0 Å². The summed E-state index contributed by atoms with van der Waals surface area (Å²) in [5.41, 5.74) is 4.13. The molecule has 0 fully saturated rings. The first-order valence-electron chi connectivity index (χ1n) is 10.5. The standard InChI is InChI=1S/C25H34O4/c1-16(2)21-13-18(9-11-23(21)26)5-7-20(15-25(28)29)8-6-19-10-12-24(27)22(14-19)17(3)4/h9-14,16-17,20,26-27H,5-8,15H2,1-4H3,(H,28,29). The molecule has 158 valence electrons. The van der Waals surface area contributed by atoms with Crippen molar-refractivity contribution in [3.8, 4) is 11.5 Å². The number of phenolic OH excluding ortho intramolecular Hbond substituents is 2. The smallest absolute Gasteiger partial charge is 0.303 e. The molecule has 4 nitrogen and oxygen atoms in total. The monoisotopic (exact) mass is 398 g/mol. The first kappa shape index (κ1) is 22.8. The van der Waals surface area contributed by atoms with Gasteiger partial charge >= 0.3 is 5.97 Å². The second kappa shape index (κ2) is 10.3. The number of carboxylic acids is 1. The van der Waals surface area contributed by atoms with Gasteiger partial charge in [-0.1, -0.05) is 52.0 Å². The normalized spacial score (nSPS) is 11.6. The molecule has 2 rings (SSSR count). The zero-order valence-electron chi connectivity index (χ0n) is 18.0. The molecule has 4 heteroatoms. The molecule has 0 radical (unpaired) electrons. The van der Waals surface area contributed by atoms with E-state index in [0.29, 0.717) is 11.5 Å². The number of aliphatic carboxylic acids is 1. The Kier molecular flexibility index (Phi) is 8.12. The van der Waals surface area contributed by atoms with Crippen LogP contribution in [-0.4, -0.2) is 21.3 Å².